The second-order valence-corrected chi connectivity index (χ2v) is 7.40. The minimum Gasteiger partial charge on any atom is -0.495 e. The molecule has 2 aromatic rings. The van der Waals surface area contributed by atoms with Gasteiger partial charge < -0.3 is 9.47 Å². The lowest BCUT2D eigenvalue weighted by Crippen LogP contribution is -2.32. The number of hydrogen-bond donors (Lipinski definition) is 0. The molecule has 2 rings (SSSR count). The van der Waals surface area contributed by atoms with Crippen molar-refractivity contribution >= 4 is 33.3 Å². The molecular weight excluding hydrogens is 378 g/mol. The molecule has 8 heteroatoms. The Morgan fingerprint density at radius 3 is 2.50 bits per heavy atom. The van der Waals surface area contributed by atoms with E-state index in [1.165, 1.54) is 50.6 Å². The number of para-hydroxylation sites is 1. The first-order valence-electron chi connectivity index (χ1n) is 7.51. The third-order valence-corrected chi connectivity index (χ3v) is 5.66. The highest BCUT2D eigenvalue weighted by Crippen LogP contribution is 2.31. The van der Waals surface area contributed by atoms with Crippen molar-refractivity contribution in [1.82, 2.24) is 0 Å². The number of rotatable bonds is 7. The molecule has 6 nitrogen and oxygen atoms in total. The number of anilines is 1. The molecule has 0 saturated carbocycles. The summed E-state index contributed by atoms with van der Waals surface area (Å²) < 4.78 is 37.2. The van der Waals surface area contributed by atoms with E-state index in [4.69, 9.17) is 21.1 Å². The van der Waals surface area contributed by atoms with E-state index >= 15 is 0 Å². The van der Waals surface area contributed by atoms with Crippen molar-refractivity contribution in [1.29, 1.82) is 0 Å². The predicted molar refractivity (Wildman–Crippen MR) is 101 cm³/mol. The number of hydrogen-bond acceptors (Lipinski definition) is 5. The van der Waals surface area contributed by atoms with E-state index in [1.807, 2.05) is 0 Å². The SMILES string of the molecule is C=CCN(c1ccccc1C(=O)OC)S(=O)(=O)c1ccc(OC)c(Cl)c1. The van der Waals surface area contributed by atoms with Crippen LogP contribution in [0.15, 0.2) is 60.0 Å². The van der Waals surface area contributed by atoms with Crippen molar-refractivity contribution in [2.75, 3.05) is 25.1 Å². The van der Waals surface area contributed by atoms with Crippen LogP contribution in [-0.2, 0) is 14.8 Å². The Hall–Kier alpha value is -2.51. The van der Waals surface area contributed by atoms with Crippen molar-refractivity contribution in [2.45, 2.75) is 4.90 Å². The molecule has 0 amide bonds. The van der Waals surface area contributed by atoms with Crippen LogP contribution in [0.3, 0.4) is 0 Å². The monoisotopic (exact) mass is 395 g/mol. The summed E-state index contributed by atoms with van der Waals surface area (Å²) >= 11 is 6.07. The second kappa shape index (κ2) is 8.25. The van der Waals surface area contributed by atoms with Crippen LogP contribution in [0, 0.1) is 0 Å². The molecule has 0 spiro atoms. The molecule has 0 fully saturated rings. The Kier molecular flexibility index (Phi) is 6.28. The number of halogens is 1. The predicted octanol–water partition coefficient (Wildman–Crippen LogP) is 3.52. The smallest absolute Gasteiger partial charge is 0.340 e. The number of benzene rings is 2. The van der Waals surface area contributed by atoms with Crippen molar-refractivity contribution in [3.05, 3.63) is 65.7 Å². The van der Waals surface area contributed by atoms with E-state index in [-0.39, 0.29) is 27.7 Å². The first-order valence-corrected chi connectivity index (χ1v) is 9.33. The fourth-order valence-corrected chi connectivity index (χ4v) is 4.16. The summed E-state index contributed by atoms with van der Waals surface area (Å²) in [6, 6.07) is 10.4. The fourth-order valence-electron chi connectivity index (χ4n) is 2.35. The van der Waals surface area contributed by atoms with Crippen molar-refractivity contribution in [3.63, 3.8) is 0 Å². The lowest BCUT2D eigenvalue weighted by molar-refractivity contribution is 0.0601. The molecule has 0 aliphatic heterocycles. The standard InChI is InChI=1S/C18H18ClNO5S/c1-4-11-20(16-8-6-5-7-14(16)18(21)25-3)26(22,23)13-9-10-17(24-2)15(19)12-13/h4-10,12H,1,11H2,2-3H3. The normalized spacial score (nSPS) is 10.9. The minimum absolute atomic E-state index is 0.0372. The first-order chi connectivity index (χ1) is 12.4. The topological polar surface area (TPSA) is 72.9 Å². The summed E-state index contributed by atoms with van der Waals surface area (Å²) in [4.78, 5) is 12.0. The summed E-state index contributed by atoms with van der Waals surface area (Å²) in [5, 5.41) is 0.161. The van der Waals surface area contributed by atoms with Gasteiger partial charge in [-0.05, 0) is 30.3 Å². The van der Waals surface area contributed by atoms with Crippen LogP contribution in [0.2, 0.25) is 5.02 Å². The molecule has 26 heavy (non-hydrogen) atoms. The highest BCUT2D eigenvalue weighted by molar-refractivity contribution is 7.92. The average molecular weight is 396 g/mol. The number of nitrogens with zero attached hydrogens (tertiary/aromatic N) is 1. The molecule has 0 aliphatic carbocycles. The summed E-state index contributed by atoms with van der Waals surface area (Å²) in [6.07, 6.45) is 1.43. The molecule has 0 atom stereocenters. The highest BCUT2D eigenvalue weighted by atomic mass is 35.5. The van der Waals surface area contributed by atoms with Gasteiger partial charge in [0.25, 0.3) is 10.0 Å². The van der Waals surface area contributed by atoms with Crippen LogP contribution in [0.4, 0.5) is 5.69 Å². The Bertz CT molecular complexity index is 927. The average Bonchev–Trinajstić information content (AvgIpc) is 2.65. The van der Waals surface area contributed by atoms with E-state index in [2.05, 4.69) is 6.58 Å². The van der Waals surface area contributed by atoms with Crippen LogP contribution in [0.25, 0.3) is 0 Å². The molecule has 0 radical (unpaired) electrons. The van der Waals surface area contributed by atoms with E-state index in [0.717, 1.165) is 4.31 Å². The Labute approximate surface area is 157 Å². The van der Waals surface area contributed by atoms with Gasteiger partial charge in [-0.25, -0.2) is 13.2 Å². The molecule has 0 bridgehead atoms. The van der Waals surface area contributed by atoms with Gasteiger partial charge in [0.2, 0.25) is 0 Å². The molecule has 138 valence electrons. The third kappa shape index (κ3) is 3.84. The quantitative estimate of drug-likeness (QED) is 0.529. The zero-order valence-electron chi connectivity index (χ0n) is 14.3. The molecule has 0 aromatic heterocycles. The largest absolute Gasteiger partial charge is 0.495 e. The molecule has 0 saturated heterocycles. The van der Waals surface area contributed by atoms with Crippen molar-refractivity contribution < 1.29 is 22.7 Å². The summed E-state index contributed by atoms with van der Waals surface area (Å²) in [5.41, 5.74) is 0.311. The van der Waals surface area contributed by atoms with Gasteiger partial charge in [-0.1, -0.05) is 29.8 Å². The molecule has 0 aliphatic rings. The Morgan fingerprint density at radius 2 is 1.92 bits per heavy atom. The maximum atomic E-state index is 13.2. The molecule has 0 heterocycles. The van der Waals surface area contributed by atoms with Gasteiger partial charge in [0.15, 0.2) is 0 Å². The van der Waals surface area contributed by atoms with Gasteiger partial charge in [-0.3, -0.25) is 4.31 Å². The Morgan fingerprint density at radius 1 is 1.23 bits per heavy atom. The lowest BCUT2D eigenvalue weighted by atomic mass is 10.2. The maximum Gasteiger partial charge on any atom is 0.340 e. The molecule has 2 aromatic carbocycles. The number of methoxy groups -OCH3 is 2. The van der Waals surface area contributed by atoms with E-state index in [1.54, 1.807) is 12.1 Å². The van der Waals surface area contributed by atoms with Crippen LogP contribution in [0.5, 0.6) is 5.75 Å². The minimum atomic E-state index is -4.01. The first kappa shape index (κ1) is 19.8. The molecule has 0 N–H and O–H groups in total. The van der Waals surface area contributed by atoms with Gasteiger partial charge in [-0.15, -0.1) is 6.58 Å². The number of sulfonamides is 1. The number of carbonyl (C=O) groups excluding carboxylic acids is 1. The number of ether oxygens (including phenoxy) is 2. The summed E-state index contributed by atoms with van der Waals surface area (Å²) in [5.74, 6) is -0.284. The summed E-state index contributed by atoms with van der Waals surface area (Å²) in [7, 11) is -1.35. The lowest BCUT2D eigenvalue weighted by Gasteiger charge is -2.25. The highest BCUT2D eigenvalue weighted by Gasteiger charge is 2.28. The molecule has 0 unspecified atom stereocenters. The van der Waals surface area contributed by atoms with Gasteiger partial charge in [0.1, 0.15) is 5.75 Å². The van der Waals surface area contributed by atoms with E-state index in [0.29, 0.717) is 5.75 Å². The summed E-state index contributed by atoms with van der Waals surface area (Å²) in [6.45, 7) is 3.56. The van der Waals surface area contributed by atoms with Gasteiger partial charge >= 0.3 is 5.97 Å². The van der Waals surface area contributed by atoms with E-state index < -0.39 is 16.0 Å². The van der Waals surface area contributed by atoms with Gasteiger partial charge in [-0.2, -0.15) is 0 Å². The van der Waals surface area contributed by atoms with Crippen LogP contribution in [0.1, 0.15) is 10.4 Å². The zero-order chi connectivity index (χ0) is 19.3. The Balaban J connectivity index is 2.62. The van der Waals surface area contributed by atoms with Crippen molar-refractivity contribution in [3.8, 4) is 5.75 Å². The van der Waals surface area contributed by atoms with Crippen LogP contribution in [-0.4, -0.2) is 35.2 Å². The number of carbonyl (C=O) groups is 1. The zero-order valence-corrected chi connectivity index (χ0v) is 15.9. The van der Waals surface area contributed by atoms with Crippen LogP contribution >= 0.6 is 11.6 Å². The van der Waals surface area contributed by atoms with Gasteiger partial charge in [0.05, 0.1) is 41.9 Å². The van der Waals surface area contributed by atoms with Crippen molar-refractivity contribution in [2.24, 2.45) is 0 Å². The fraction of sp³-hybridized carbons (Fsp3) is 0.167. The second-order valence-electron chi connectivity index (χ2n) is 5.13. The molecular formula is C18H18ClNO5S. The number of esters is 1. The van der Waals surface area contributed by atoms with Crippen LogP contribution < -0.4 is 9.04 Å². The third-order valence-electron chi connectivity index (χ3n) is 3.58. The van der Waals surface area contributed by atoms with E-state index in [9.17, 15) is 13.2 Å². The van der Waals surface area contributed by atoms with Gasteiger partial charge in [0, 0.05) is 0 Å². The maximum absolute atomic E-state index is 13.2.